The zero-order valence-electron chi connectivity index (χ0n) is 11.1. The van der Waals surface area contributed by atoms with Crippen LogP contribution in [0.2, 0.25) is 0 Å². The number of benzene rings is 1. The van der Waals surface area contributed by atoms with Gasteiger partial charge in [-0.2, -0.15) is 0 Å². The van der Waals surface area contributed by atoms with Gasteiger partial charge in [0.25, 0.3) is 0 Å². The van der Waals surface area contributed by atoms with Gasteiger partial charge in [-0.3, -0.25) is 9.18 Å². The Bertz CT molecular complexity index is 440. The molecule has 21 heavy (non-hydrogen) atoms. The van der Waals surface area contributed by atoms with Gasteiger partial charge >= 0.3 is 5.92 Å². The summed E-state index contributed by atoms with van der Waals surface area (Å²) < 4.78 is 64.7. The Morgan fingerprint density at radius 1 is 1.10 bits per heavy atom. The zero-order chi connectivity index (χ0) is 15.9. The van der Waals surface area contributed by atoms with E-state index in [2.05, 4.69) is 0 Å². The van der Waals surface area contributed by atoms with Crippen LogP contribution >= 0.6 is 11.8 Å². The minimum absolute atomic E-state index is 0.202. The number of hydrogen-bond donors (Lipinski definition) is 0. The van der Waals surface area contributed by atoms with Gasteiger partial charge in [-0.1, -0.05) is 42.1 Å². The zero-order valence-corrected chi connectivity index (χ0v) is 11.9. The van der Waals surface area contributed by atoms with Gasteiger partial charge in [-0.15, -0.1) is 0 Å². The van der Waals surface area contributed by atoms with Gasteiger partial charge in [0.2, 0.25) is 5.12 Å². The van der Waals surface area contributed by atoms with E-state index in [1.54, 1.807) is 30.3 Å². The van der Waals surface area contributed by atoms with Crippen molar-refractivity contribution in [3.05, 3.63) is 35.9 Å². The molecular formula is C14H15F5OS. The first-order valence-corrected chi connectivity index (χ1v) is 7.32. The average Bonchev–Trinajstić information content (AvgIpc) is 2.48. The average molecular weight is 326 g/mol. The fourth-order valence-corrected chi connectivity index (χ4v) is 2.40. The van der Waals surface area contributed by atoms with E-state index in [4.69, 9.17) is 0 Å². The van der Waals surface area contributed by atoms with Crippen molar-refractivity contribution in [3.8, 4) is 0 Å². The molecule has 1 nitrogen and oxygen atoms in total. The summed E-state index contributed by atoms with van der Waals surface area (Å²) in [5.41, 5.74) is 0.380. The molecule has 0 spiro atoms. The number of carbonyl (C=O) groups excluding carboxylic acids is 1. The predicted molar refractivity (Wildman–Crippen MR) is 73.2 cm³/mol. The molecule has 118 valence electrons. The molecular weight excluding hydrogens is 311 g/mol. The van der Waals surface area contributed by atoms with E-state index in [1.807, 2.05) is 0 Å². The van der Waals surface area contributed by atoms with E-state index in [-0.39, 0.29) is 10.9 Å². The van der Waals surface area contributed by atoms with Crippen LogP contribution in [0.4, 0.5) is 22.0 Å². The molecule has 0 saturated heterocycles. The van der Waals surface area contributed by atoms with Crippen LogP contribution in [-0.2, 0) is 0 Å². The van der Waals surface area contributed by atoms with Gasteiger partial charge in [0.1, 0.15) is 0 Å². The highest BCUT2D eigenvalue weighted by Crippen LogP contribution is 2.32. The molecule has 0 aromatic heterocycles. The normalized spacial score (nSPS) is 14.7. The lowest BCUT2D eigenvalue weighted by molar-refractivity contribution is -0.130. The summed E-state index contributed by atoms with van der Waals surface area (Å²) in [7, 11) is 0. The molecule has 2 unspecified atom stereocenters. The topological polar surface area (TPSA) is 17.1 Å². The Morgan fingerprint density at radius 3 is 2.24 bits per heavy atom. The van der Waals surface area contributed by atoms with Crippen LogP contribution in [0.5, 0.6) is 0 Å². The first-order chi connectivity index (χ1) is 9.89. The third-order valence-corrected chi connectivity index (χ3v) is 3.75. The van der Waals surface area contributed by atoms with Crippen LogP contribution in [0.1, 0.15) is 23.2 Å². The lowest BCUT2D eigenvalue weighted by Gasteiger charge is -2.23. The van der Waals surface area contributed by atoms with Crippen molar-refractivity contribution in [2.75, 3.05) is 12.4 Å². The van der Waals surface area contributed by atoms with Crippen LogP contribution in [0.15, 0.2) is 30.3 Å². The van der Waals surface area contributed by atoms with Gasteiger partial charge in [-0.05, 0) is 6.42 Å². The van der Waals surface area contributed by atoms with Crippen molar-refractivity contribution >= 4 is 16.9 Å². The second-order valence-electron chi connectivity index (χ2n) is 4.38. The minimum atomic E-state index is -4.23. The number of alkyl halides is 5. The maximum absolute atomic E-state index is 13.4. The molecule has 0 bridgehead atoms. The third-order valence-electron chi connectivity index (χ3n) is 2.81. The summed E-state index contributed by atoms with van der Waals surface area (Å²) in [6.45, 7) is -1.27. The Kier molecular flexibility index (Phi) is 7.14. The smallest absolute Gasteiger partial charge is 0.282 e. The highest BCUT2D eigenvalue weighted by atomic mass is 32.2. The predicted octanol–water partition coefficient (Wildman–Crippen LogP) is 4.62. The molecule has 0 radical (unpaired) electrons. The molecule has 2 atom stereocenters. The molecule has 0 aliphatic carbocycles. The highest BCUT2D eigenvalue weighted by molar-refractivity contribution is 8.14. The van der Waals surface area contributed by atoms with Gasteiger partial charge in [0.05, 0.1) is 6.67 Å². The summed E-state index contributed by atoms with van der Waals surface area (Å²) >= 11 is 0.690. The minimum Gasteiger partial charge on any atom is -0.282 e. The van der Waals surface area contributed by atoms with Gasteiger partial charge < -0.3 is 0 Å². The van der Waals surface area contributed by atoms with E-state index in [9.17, 15) is 26.7 Å². The van der Waals surface area contributed by atoms with Crippen molar-refractivity contribution in [3.63, 3.8) is 0 Å². The molecule has 0 saturated carbocycles. The molecule has 0 amide bonds. The third kappa shape index (κ3) is 5.30. The van der Waals surface area contributed by atoms with Gasteiger partial charge in [-0.25, -0.2) is 17.6 Å². The molecule has 0 aliphatic heterocycles. The molecule has 1 aromatic carbocycles. The molecule has 1 aromatic rings. The van der Waals surface area contributed by atoms with Crippen molar-refractivity contribution < 1.29 is 26.7 Å². The van der Waals surface area contributed by atoms with E-state index >= 15 is 0 Å². The van der Waals surface area contributed by atoms with Gasteiger partial charge in [0, 0.05) is 17.7 Å². The van der Waals surface area contributed by atoms with Crippen LogP contribution in [0.25, 0.3) is 0 Å². The SMILES string of the molecule is O=C(SCCC(F)C(F)(F)C(F)CCF)c1ccccc1. The monoisotopic (exact) mass is 326 g/mol. The first kappa shape index (κ1) is 17.9. The largest absolute Gasteiger partial charge is 0.309 e. The Morgan fingerprint density at radius 2 is 1.67 bits per heavy atom. The number of rotatable bonds is 8. The second kappa shape index (κ2) is 8.36. The number of thioether (sulfide) groups is 1. The summed E-state index contributed by atoms with van der Waals surface area (Å²) in [4.78, 5) is 11.6. The fourth-order valence-electron chi connectivity index (χ4n) is 1.59. The van der Waals surface area contributed by atoms with E-state index in [0.717, 1.165) is 0 Å². The van der Waals surface area contributed by atoms with Crippen LogP contribution in [-0.4, -0.2) is 35.8 Å². The molecule has 7 heteroatoms. The Labute approximate surface area is 123 Å². The summed E-state index contributed by atoms with van der Waals surface area (Å²) in [6.07, 6.45) is -7.31. The van der Waals surface area contributed by atoms with E-state index in [1.165, 1.54) is 0 Å². The van der Waals surface area contributed by atoms with Gasteiger partial charge in [0.15, 0.2) is 12.3 Å². The quantitative estimate of drug-likeness (QED) is 0.648. The summed E-state index contributed by atoms with van der Waals surface area (Å²) in [5, 5.41) is -0.369. The van der Waals surface area contributed by atoms with Crippen LogP contribution in [0, 0.1) is 0 Å². The first-order valence-electron chi connectivity index (χ1n) is 6.33. The van der Waals surface area contributed by atoms with Crippen LogP contribution in [0.3, 0.4) is 0 Å². The summed E-state index contributed by atoms with van der Waals surface area (Å²) in [6, 6.07) is 8.10. The number of hydrogen-bond acceptors (Lipinski definition) is 2. The van der Waals surface area contributed by atoms with E-state index in [0.29, 0.717) is 17.3 Å². The number of carbonyl (C=O) groups is 1. The standard InChI is InChI=1S/C14H15F5OS/c15-8-6-11(16)14(18,19)12(17)7-9-21-13(20)10-4-2-1-3-5-10/h1-5,11-12H,6-9H2. The van der Waals surface area contributed by atoms with Crippen molar-refractivity contribution in [1.82, 2.24) is 0 Å². The lowest BCUT2D eigenvalue weighted by atomic mass is 10.1. The maximum atomic E-state index is 13.4. The fraction of sp³-hybridized carbons (Fsp3) is 0.500. The van der Waals surface area contributed by atoms with E-state index < -0.39 is 37.8 Å². The molecule has 0 aliphatic rings. The Hall–Kier alpha value is -1.11. The molecule has 0 fully saturated rings. The molecule has 1 rings (SSSR count). The second-order valence-corrected chi connectivity index (χ2v) is 5.45. The molecule has 0 heterocycles. The molecule has 0 N–H and O–H groups in total. The maximum Gasteiger partial charge on any atom is 0.309 e. The number of halogens is 5. The Balaban J connectivity index is 2.43. The van der Waals surface area contributed by atoms with Crippen LogP contribution < -0.4 is 0 Å². The van der Waals surface area contributed by atoms with Crippen molar-refractivity contribution in [2.24, 2.45) is 0 Å². The summed E-state index contributed by atoms with van der Waals surface area (Å²) in [5.74, 6) is -4.44. The van der Waals surface area contributed by atoms with Crippen molar-refractivity contribution in [2.45, 2.75) is 31.1 Å². The highest BCUT2D eigenvalue weighted by Gasteiger charge is 2.47. The lowest BCUT2D eigenvalue weighted by Crippen LogP contribution is -2.40. The van der Waals surface area contributed by atoms with Crippen molar-refractivity contribution in [1.29, 1.82) is 0 Å².